The van der Waals surface area contributed by atoms with Crippen LogP contribution in [0.25, 0.3) is 17.1 Å². The minimum atomic E-state index is -0.282. The summed E-state index contributed by atoms with van der Waals surface area (Å²) in [4.78, 5) is 33.2. The summed E-state index contributed by atoms with van der Waals surface area (Å²) in [6.07, 6.45) is 6.28. The Balaban J connectivity index is 1.48. The number of hydrogen-bond donors (Lipinski definition) is 2. The van der Waals surface area contributed by atoms with Crippen LogP contribution in [0, 0.1) is 0 Å². The lowest BCUT2D eigenvalue weighted by Crippen LogP contribution is -2.35. The Hall–Kier alpha value is -3.46. The van der Waals surface area contributed by atoms with E-state index in [0.717, 1.165) is 25.9 Å². The van der Waals surface area contributed by atoms with E-state index in [1.54, 1.807) is 30.5 Å². The Labute approximate surface area is 173 Å². The molecule has 1 saturated heterocycles. The highest BCUT2D eigenvalue weighted by Gasteiger charge is 2.16. The van der Waals surface area contributed by atoms with Crippen molar-refractivity contribution in [3.05, 3.63) is 58.6 Å². The Bertz CT molecular complexity index is 1070. The van der Waals surface area contributed by atoms with Crippen LogP contribution < -0.4 is 15.6 Å². The zero-order valence-corrected chi connectivity index (χ0v) is 16.6. The summed E-state index contributed by atoms with van der Waals surface area (Å²) in [5.74, 6) is 0.567. The third kappa shape index (κ3) is 4.25. The summed E-state index contributed by atoms with van der Waals surface area (Å²) in [5, 5.41) is 5.89. The van der Waals surface area contributed by atoms with Gasteiger partial charge in [0.1, 0.15) is 0 Å². The van der Waals surface area contributed by atoms with Crippen LogP contribution in [-0.4, -0.2) is 52.0 Å². The molecule has 30 heavy (non-hydrogen) atoms. The average molecular weight is 409 g/mol. The first-order valence-electron chi connectivity index (χ1n) is 9.83. The Morgan fingerprint density at radius 1 is 1.33 bits per heavy atom. The minimum absolute atomic E-state index is 0.0651. The maximum Gasteiger partial charge on any atom is 0.273 e. The van der Waals surface area contributed by atoms with E-state index in [9.17, 15) is 9.59 Å². The van der Waals surface area contributed by atoms with Gasteiger partial charge >= 0.3 is 0 Å². The predicted octanol–water partition coefficient (Wildman–Crippen LogP) is 1.93. The molecule has 9 heteroatoms. The molecule has 1 aliphatic heterocycles. The van der Waals surface area contributed by atoms with Crippen LogP contribution in [0.3, 0.4) is 0 Å². The van der Waals surface area contributed by atoms with Gasteiger partial charge in [-0.15, -0.1) is 0 Å². The maximum atomic E-state index is 12.4. The standard InChI is InChI=1S/C21H23N5O4/c1-29-21-16(6-4-9-22-21)17-11-19(27)26(25-17)18-8-7-14(12-23-18)20(28)24-13-15-5-2-3-10-30-15/h4,6-9,11-12,15,25H,2-3,5,10,13H2,1H3,(H,24,28). The zero-order valence-electron chi connectivity index (χ0n) is 16.6. The summed E-state index contributed by atoms with van der Waals surface area (Å²) in [6, 6.07) is 8.27. The molecule has 3 aromatic rings. The third-order valence-corrected chi connectivity index (χ3v) is 4.98. The summed E-state index contributed by atoms with van der Waals surface area (Å²) >= 11 is 0. The van der Waals surface area contributed by atoms with Gasteiger partial charge in [0.05, 0.1) is 30.0 Å². The largest absolute Gasteiger partial charge is 0.481 e. The van der Waals surface area contributed by atoms with E-state index < -0.39 is 0 Å². The molecule has 1 unspecified atom stereocenters. The number of aromatic amines is 1. The molecule has 0 aromatic carbocycles. The Morgan fingerprint density at radius 2 is 2.23 bits per heavy atom. The molecule has 1 amide bonds. The fourth-order valence-electron chi connectivity index (χ4n) is 3.39. The average Bonchev–Trinajstić information content (AvgIpc) is 3.19. The van der Waals surface area contributed by atoms with Crippen LogP contribution in [0.5, 0.6) is 5.88 Å². The van der Waals surface area contributed by atoms with Gasteiger partial charge < -0.3 is 14.8 Å². The van der Waals surface area contributed by atoms with E-state index in [2.05, 4.69) is 20.4 Å². The highest BCUT2D eigenvalue weighted by atomic mass is 16.5. The number of carbonyl (C=O) groups excluding carboxylic acids is 1. The van der Waals surface area contributed by atoms with Gasteiger partial charge in [0.2, 0.25) is 5.88 Å². The van der Waals surface area contributed by atoms with E-state index in [0.29, 0.717) is 35.1 Å². The van der Waals surface area contributed by atoms with Crippen molar-refractivity contribution in [1.29, 1.82) is 0 Å². The van der Waals surface area contributed by atoms with Gasteiger partial charge in [0.15, 0.2) is 5.82 Å². The fourth-order valence-corrected chi connectivity index (χ4v) is 3.39. The molecule has 0 saturated carbocycles. The second-order valence-electron chi connectivity index (χ2n) is 7.01. The Kier molecular flexibility index (Phi) is 5.89. The predicted molar refractivity (Wildman–Crippen MR) is 110 cm³/mol. The molecule has 2 N–H and O–H groups in total. The van der Waals surface area contributed by atoms with Crippen molar-refractivity contribution in [2.24, 2.45) is 0 Å². The number of aromatic nitrogens is 4. The van der Waals surface area contributed by atoms with Crippen molar-refractivity contribution in [2.45, 2.75) is 25.4 Å². The van der Waals surface area contributed by atoms with Crippen LogP contribution in [0.4, 0.5) is 0 Å². The number of rotatable bonds is 6. The molecule has 0 aliphatic carbocycles. The fraction of sp³-hybridized carbons (Fsp3) is 0.333. The van der Waals surface area contributed by atoms with E-state index in [-0.39, 0.29) is 17.6 Å². The summed E-state index contributed by atoms with van der Waals surface area (Å²) in [6.45, 7) is 1.22. The molecule has 1 fully saturated rings. The highest BCUT2D eigenvalue weighted by Crippen LogP contribution is 2.25. The van der Waals surface area contributed by atoms with Crippen LogP contribution in [0.15, 0.2) is 47.5 Å². The van der Waals surface area contributed by atoms with E-state index in [1.807, 2.05) is 0 Å². The van der Waals surface area contributed by atoms with Gasteiger partial charge in [0, 0.05) is 31.6 Å². The van der Waals surface area contributed by atoms with Crippen molar-refractivity contribution in [1.82, 2.24) is 25.1 Å². The van der Waals surface area contributed by atoms with E-state index >= 15 is 0 Å². The molecule has 0 radical (unpaired) electrons. The van der Waals surface area contributed by atoms with E-state index in [4.69, 9.17) is 9.47 Å². The van der Waals surface area contributed by atoms with Crippen molar-refractivity contribution < 1.29 is 14.3 Å². The topological polar surface area (TPSA) is 111 Å². The second-order valence-corrected chi connectivity index (χ2v) is 7.01. The number of nitrogens with zero attached hydrogens (tertiary/aromatic N) is 3. The van der Waals surface area contributed by atoms with Crippen molar-refractivity contribution in [2.75, 3.05) is 20.3 Å². The van der Waals surface area contributed by atoms with E-state index in [1.165, 1.54) is 24.1 Å². The van der Waals surface area contributed by atoms with Gasteiger partial charge in [-0.25, -0.2) is 14.6 Å². The van der Waals surface area contributed by atoms with Crippen LogP contribution in [0.1, 0.15) is 29.6 Å². The van der Waals surface area contributed by atoms with Crippen molar-refractivity contribution >= 4 is 5.91 Å². The number of methoxy groups -OCH3 is 1. The first-order chi connectivity index (χ1) is 14.7. The summed E-state index contributed by atoms with van der Waals surface area (Å²) in [7, 11) is 1.52. The smallest absolute Gasteiger partial charge is 0.273 e. The zero-order chi connectivity index (χ0) is 20.9. The number of hydrogen-bond acceptors (Lipinski definition) is 6. The second kappa shape index (κ2) is 8.91. The number of carbonyl (C=O) groups is 1. The maximum absolute atomic E-state index is 12.4. The quantitative estimate of drug-likeness (QED) is 0.644. The van der Waals surface area contributed by atoms with Crippen molar-refractivity contribution in [3.63, 3.8) is 0 Å². The summed E-state index contributed by atoms with van der Waals surface area (Å²) in [5.41, 5.74) is 1.36. The molecule has 1 atom stereocenters. The van der Waals surface area contributed by atoms with Crippen LogP contribution in [0.2, 0.25) is 0 Å². The molecule has 0 spiro atoms. The molecule has 4 heterocycles. The molecule has 4 rings (SSSR count). The number of ether oxygens (including phenoxy) is 2. The third-order valence-electron chi connectivity index (χ3n) is 4.98. The monoisotopic (exact) mass is 409 g/mol. The number of nitrogens with one attached hydrogen (secondary N) is 2. The van der Waals surface area contributed by atoms with Crippen LogP contribution >= 0.6 is 0 Å². The molecular weight excluding hydrogens is 386 g/mol. The number of pyridine rings is 2. The van der Waals surface area contributed by atoms with Gasteiger partial charge in [0.25, 0.3) is 11.5 Å². The lowest BCUT2D eigenvalue weighted by atomic mass is 10.1. The molecule has 0 bridgehead atoms. The SMILES string of the molecule is COc1ncccc1-c1cc(=O)n(-c2ccc(C(=O)NCC3CCCCO3)cn2)[nH]1. The molecule has 9 nitrogen and oxygen atoms in total. The van der Waals surface area contributed by atoms with Gasteiger partial charge in [-0.05, 0) is 43.5 Å². The summed E-state index contributed by atoms with van der Waals surface area (Å²) < 4.78 is 12.2. The van der Waals surface area contributed by atoms with Gasteiger partial charge in [-0.1, -0.05) is 0 Å². The highest BCUT2D eigenvalue weighted by molar-refractivity contribution is 5.93. The van der Waals surface area contributed by atoms with Gasteiger partial charge in [-0.2, -0.15) is 0 Å². The minimum Gasteiger partial charge on any atom is -0.481 e. The number of H-pyrrole nitrogens is 1. The lowest BCUT2D eigenvalue weighted by Gasteiger charge is -2.22. The lowest BCUT2D eigenvalue weighted by molar-refractivity contribution is 0.0169. The van der Waals surface area contributed by atoms with Crippen molar-refractivity contribution in [3.8, 4) is 23.0 Å². The van der Waals surface area contributed by atoms with Gasteiger partial charge in [-0.3, -0.25) is 14.7 Å². The molecule has 3 aromatic heterocycles. The normalized spacial score (nSPS) is 16.2. The van der Waals surface area contributed by atoms with Crippen LogP contribution in [-0.2, 0) is 4.74 Å². The first-order valence-corrected chi connectivity index (χ1v) is 9.83. The molecule has 1 aliphatic rings. The Morgan fingerprint density at radius 3 is 2.97 bits per heavy atom. The molecular formula is C21H23N5O4. The molecule has 156 valence electrons. The number of amides is 1. The first kappa shape index (κ1) is 19.8.